The first-order chi connectivity index (χ1) is 13.9. The van der Waals surface area contributed by atoms with Gasteiger partial charge in [0.05, 0.1) is 0 Å². The molecule has 5 aromatic rings. The molecule has 3 aromatic heterocycles. The van der Waals surface area contributed by atoms with Crippen LogP contribution in [0.3, 0.4) is 0 Å². The van der Waals surface area contributed by atoms with Crippen molar-refractivity contribution in [2.45, 2.75) is 25.7 Å². The summed E-state index contributed by atoms with van der Waals surface area (Å²) in [5.74, 6) is 0.887. The molecule has 0 aliphatic heterocycles. The Labute approximate surface area is 163 Å². The summed E-state index contributed by atoms with van der Waals surface area (Å²) in [5, 5.41) is 2.57. The SMILES string of the molecule is c1ccc2c(CCCc3ccnc(Cc4cccc5[nH]ccc45)n3)c[nH]c2c1. The highest BCUT2D eigenvalue weighted by Crippen LogP contribution is 2.21. The second-order valence-electron chi connectivity index (χ2n) is 7.21. The molecule has 138 valence electrons. The highest BCUT2D eigenvalue weighted by Gasteiger charge is 2.07. The van der Waals surface area contributed by atoms with Gasteiger partial charge in [-0.1, -0.05) is 30.3 Å². The van der Waals surface area contributed by atoms with Gasteiger partial charge in [0.15, 0.2) is 0 Å². The number of H-pyrrole nitrogens is 2. The molecule has 0 fully saturated rings. The fraction of sp³-hybridized carbons (Fsp3) is 0.167. The maximum Gasteiger partial charge on any atom is 0.132 e. The zero-order valence-corrected chi connectivity index (χ0v) is 15.7. The molecule has 28 heavy (non-hydrogen) atoms. The summed E-state index contributed by atoms with van der Waals surface area (Å²) >= 11 is 0. The first-order valence-corrected chi connectivity index (χ1v) is 9.77. The van der Waals surface area contributed by atoms with E-state index < -0.39 is 0 Å². The molecule has 0 unspecified atom stereocenters. The Morgan fingerprint density at radius 1 is 0.750 bits per heavy atom. The number of aromatic amines is 2. The van der Waals surface area contributed by atoms with Gasteiger partial charge in [-0.3, -0.25) is 0 Å². The normalized spacial score (nSPS) is 11.4. The Kier molecular flexibility index (Phi) is 4.37. The van der Waals surface area contributed by atoms with E-state index in [1.54, 1.807) is 0 Å². The van der Waals surface area contributed by atoms with Crippen molar-refractivity contribution >= 4 is 21.8 Å². The number of hydrogen-bond acceptors (Lipinski definition) is 2. The Bertz CT molecular complexity index is 1230. The van der Waals surface area contributed by atoms with Crippen molar-refractivity contribution in [1.29, 1.82) is 0 Å². The van der Waals surface area contributed by atoms with E-state index in [1.807, 2.05) is 18.5 Å². The summed E-state index contributed by atoms with van der Waals surface area (Å²) in [4.78, 5) is 15.9. The maximum absolute atomic E-state index is 4.81. The van der Waals surface area contributed by atoms with Crippen LogP contribution in [0.2, 0.25) is 0 Å². The monoisotopic (exact) mass is 366 g/mol. The summed E-state index contributed by atoms with van der Waals surface area (Å²) in [6.45, 7) is 0. The molecule has 4 heteroatoms. The van der Waals surface area contributed by atoms with Gasteiger partial charge in [0.25, 0.3) is 0 Å². The third kappa shape index (κ3) is 3.29. The van der Waals surface area contributed by atoms with Crippen molar-refractivity contribution in [3.8, 4) is 0 Å². The lowest BCUT2D eigenvalue weighted by molar-refractivity contribution is 0.785. The lowest BCUT2D eigenvalue weighted by Gasteiger charge is -2.06. The van der Waals surface area contributed by atoms with Gasteiger partial charge in [0.2, 0.25) is 0 Å². The van der Waals surface area contributed by atoms with Crippen LogP contribution in [-0.4, -0.2) is 19.9 Å². The standard InChI is InChI=1S/C24H22N4/c1-2-9-23-20(8-1)18(16-27-23)6-3-7-19-11-13-26-24(28-19)15-17-5-4-10-22-21(17)12-14-25-22/h1-2,4-5,8-14,16,25,27H,3,6-7,15H2. The lowest BCUT2D eigenvalue weighted by atomic mass is 10.1. The molecule has 0 saturated carbocycles. The molecule has 0 spiro atoms. The fourth-order valence-corrected chi connectivity index (χ4v) is 3.94. The molecule has 4 nitrogen and oxygen atoms in total. The molecular weight excluding hydrogens is 344 g/mol. The summed E-state index contributed by atoms with van der Waals surface area (Å²) in [6, 6.07) is 19.0. The number of hydrogen-bond donors (Lipinski definition) is 2. The quantitative estimate of drug-likeness (QED) is 0.434. The van der Waals surface area contributed by atoms with Crippen molar-refractivity contribution in [1.82, 2.24) is 19.9 Å². The molecule has 0 atom stereocenters. The second kappa shape index (κ2) is 7.31. The van der Waals surface area contributed by atoms with Gasteiger partial charge in [0.1, 0.15) is 5.82 Å². The fourth-order valence-electron chi connectivity index (χ4n) is 3.94. The Hall–Kier alpha value is -3.40. The van der Waals surface area contributed by atoms with Crippen LogP contribution in [0.1, 0.15) is 29.1 Å². The van der Waals surface area contributed by atoms with E-state index in [9.17, 15) is 0 Å². The predicted molar refractivity (Wildman–Crippen MR) is 113 cm³/mol. The number of benzene rings is 2. The molecule has 0 amide bonds. The van der Waals surface area contributed by atoms with Gasteiger partial charge in [-0.15, -0.1) is 0 Å². The molecule has 0 saturated heterocycles. The van der Waals surface area contributed by atoms with E-state index in [2.05, 4.69) is 69.7 Å². The molecule has 2 N–H and O–H groups in total. The zero-order chi connectivity index (χ0) is 18.8. The first-order valence-electron chi connectivity index (χ1n) is 9.77. The highest BCUT2D eigenvalue weighted by molar-refractivity contribution is 5.83. The van der Waals surface area contributed by atoms with Crippen molar-refractivity contribution in [2.75, 3.05) is 0 Å². The third-order valence-electron chi connectivity index (χ3n) is 5.35. The van der Waals surface area contributed by atoms with Crippen LogP contribution in [0, 0.1) is 0 Å². The molecule has 0 radical (unpaired) electrons. The van der Waals surface area contributed by atoms with Gasteiger partial charge < -0.3 is 9.97 Å². The molecule has 0 aliphatic rings. The highest BCUT2D eigenvalue weighted by atomic mass is 14.9. The zero-order valence-electron chi connectivity index (χ0n) is 15.7. The lowest BCUT2D eigenvalue weighted by Crippen LogP contribution is -2.01. The Morgan fingerprint density at radius 2 is 1.61 bits per heavy atom. The first kappa shape index (κ1) is 16.8. The molecular formula is C24H22N4. The Balaban J connectivity index is 1.27. The molecule has 2 aromatic carbocycles. The van der Waals surface area contributed by atoms with E-state index in [4.69, 9.17) is 4.98 Å². The van der Waals surface area contributed by atoms with Crippen LogP contribution in [0.15, 0.2) is 73.2 Å². The number of fused-ring (bicyclic) bond motifs is 2. The van der Waals surface area contributed by atoms with E-state index in [-0.39, 0.29) is 0 Å². The number of para-hydroxylation sites is 1. The van der Waals surface area contributed by atoms with Gasteiger partial charge in [-0.2, -0.15) is 0 Å². The van der Waals surface area contributed by atoms with Crippen LogP contribution in [0.25, 0.3) is 21.8 Å². The van der Waals surface area contributed by atoms with Gasteiger partial charge >= 0.3 is 0 Å². The second-order valence-corrected chi connectivity index (χ2v) is 7.21. The van der Waals surface area contributed by atoms with Gasteiger partial charge in [-0.05, 0) is 54.7 Å². The van der Waals surface area contributed by atoms with E-state index >= 15 is 0 Å². The summed E-state index contributed by atoms with van der Waals surface area (Å²) < 4.78 is 0. The average Bonchev–Trinajstić information content (AvgIpc) is 3.36. The molecule has 3 heterocycles. The summed E-state index contributed by atoms with van der Waals surface area (Å²) in [6.07, 6.45) is 9.84. The van der Waals surface area contributed by atoms with Crippen LogP contribution in [0.4, 0.5) is 0 Å². The van der Waals surface area contributed by atoms with Gasteiger partial charge in [0, 0.05) is 52.5 Å². The molecule has 0 bridgehead atoms. The summed E-state index contributed by atoms with van der Waals surface area (Å²) in [7, 11) is 0. The average molecular weight is 366 g/mol. The van der Waals surface area contributed by atoms with Crippen LogP contribution in [0.5, 0.6) is 0 Å². The van der Waals surface area contributed by atoms with Crippen LogP contribution in [-0.2, 0) is 19.3 Å². The number of nitrogens with one attached hydrogen (secondary N) is 2. The largest absolute Gasteiger partial charge is 0.361 e. The van der Waals surface area contributed by atoms with E-state index in [0.29, 0.717) is 0 Å². The number of aryl methyl sites for hydroxylation is 2. The van der Waals surface area contributed by atoms with Gasteiger partial charge in [-0.25, -0.2) is 9.97 Å². The molecule has 5 rings (SSSR count). The topological polar surface area (TPSA) is 57.4 Å². The number of aromatic nitrogens is 4. The minimum Gasteiger partial charge on any atom is -0.361 e. The number of rotatable bonds is 6. The smallest absolute Gasteiger partial charge is 0.132 e. The minimum atomic E-state index is 0.755. The van der Waals surface area contributed by atoms with E-state index in [1.165, 1.54) is 27.4 Å². The van der Waals surface area contributed by atoms with Crippen LogP contribution < -0.4 is 0 Å². The number of nitrogens with zero attached hydrogens (tertiary/aromatic N) is 2. The van der Waals surface area contributed by atoms with Crippen molar-refractivity contribution in [2.24, 2.45) is 0 Å². The molecule has 0 aliphatic carbocycles. The maximum atomic E-state index is 4.81. The van der Waals surface area contributed by atoms with Crippen LogP contribution >= 0.6 is 0 Å². The van der Waals surface area contributed by atoms with E-state index in [0.717, 1.165) is 42.7 Å². The summed E-state index contributed by atoms with van der Waals surface area (Å²) in [5.41, 5.74) is 6.12. The minimum absolute atomic E-state index is 0.755. The van der Waals surface area contributed by atoms with Crippen molar-refractivity contribution in [3.05, 3.63) is 95.8 Å². The van der Waals surface area contributed by atoms with Crippen molar-refractivity contribution < 1.29 is 0 Å². The Morgan fingerprint density at radius 3 is 2.61 bits per heavy atom. The van der Waals surface area contributed by atoms with Crippen molar-refractivity contribution in [3.63, 3.8) is 0 Å². The predicted octanol–water partition coefficient (Wildman–Crippen LogP) is 5.21. The third-order valence-corrected chi connectivity index (χ3v) is 5.35.